The van der Waals surface area contributed by atoms with Crippen LogP contribution in [0, 0.1) is 0 Å². The second-order valence-corrected chi connectivity index (χ2v) is 12.9. The third-order valence-corrected chi connectivity index (χ3v) is 9.39. The SMILES string of the molecule is CCOC(=O)C1=C(c2ccccc2)N=c2s/c(=C/c3ccc(Sc4nc(-c5ccccc5)cc(C(F)(F)F)n4)o3)c(=O)n2[C@@H]1c1ccccc1. The predicted octanol–water partition coefficient (Wildman–Crippen LogP) is 7.16. The van der Waals surface area contributed by atoms with E-state index >= 15 is 0 Å². The molecule has 7 rings (SSSR count). The van der Waals surface area contributed by atoms with Crippen LogP contribution in [0.3, 0.4) is 0 Å². The zero-order valence-corrected chi connectivity index (χ0v) is 27.8. The van der Waals surface area contributed by atoms with E-state index in [1.165, 1.54) is 10.6 Å². The van der Waals surface area contributed by atoms with E-state index < -0.39 is 29.4 Å². The monoisotopic (exact) mass is 710 g/mol. The van der Waals surface area contributed by atoms with Crippen LogP contribution in [-0.2, 0) is 15.7 Å². The van der Waals surface area contributed by atoms with Gasteiger partial charge in [0.05, 0.1) is 34.1 Å². The van der Waals surface area contributed by atoms with Gasteiger partial charge in [0.15, 0.2) is 15.1 Å². The average Bonchev–Trinajstić information content (AvgIpc) is 3.70. The molecule has 3 aromatic heterocycles. The summed E-state index contributed by atoms with van der Waals surface area (Å²) >= 11 is 1.95. The molecule has 0 N–H and O–H groups in total. The fourth-order valence-electron chi connectivity index (χ4n) is 5.45. The van der Waals surface area contributed by atoms with Gasteiger partial charge in [0, 0.05) is 17.2 Å². The molecule has 0 bridgehead atoms. The lowest BCUT2D eigenvalue weighted by atomic mass is 9.93. The molecule has 0 spiro atoms. The molecule has 8 nitrogen and oxygen atoms in total. The van der Waals surface area contributed by atoms with E-state index in [1.54, 1.807) is 49.4 Å². The van der Waals surface area contributed by atoms with Crippen LogP contribution in [0.5, 0.6) is 0 Å². The largest absolute Gasteiger partial charge is 0.463 e. The Hall–Kier alpha value is -5.53. The molecule has 0 fully saturated rings. The molecule has 1 aliphatic heterocycles. The van der Waals surface area contributed by atoms with Crippen LogP contribution >= 0.6 is 23.1 Å². The van der Waals surface area contributed by atoms with Gasteiger partial charge in [0.1, 0.15) is 11.5 Å². The summed E-state index contributed by atoms with van der Waals surface area (Å²) < 4.78 is 54.4. The minimum atomic E-state index is -4.69. The van der Waals surface area contributed by atoms with Crippen LogP contribution in [0.1, 0.15) is 35.5 Å². The molecule has 0 aliphatic carbocycles. The number of ether oxygens (including phenoxy) is 1. The van der Waals surface area contributed by atoms with E-state index in [4.69, 9.17) is 14.1 Å². The number of halogens is 3. The summed E-state index contributed by atoms with van der Waals surface area (Å²) in [7, 11) is 0. The Morgan fingerprint density at radius 3 is 2.26 bits per heavy atom. The number of carbonyl (C=O) groups excluding carboxylic acids is 1. The maximum Gasteiger partial charge on any atom is 0.433 e. The number of benzene rings is 3. The summed E-state index contributed by atoms with van der Waals surface area (Å²) in [5.74, 6) is -0.310. The number of esters is 1. The molecule has 0 amide bonds. The Labute approximate surface area is 291 Å². The molecule has 0 unspecified atom stereocenters. The summed E-state index contributed by atoms with van der Waals surface area (Å²) in [5.41, 5.74) is 1.16. The van der Waals surface area contributed by atoms with Crippen LogP contribution in [0.25, 0.3) is 23.0 Å². The van der Waals surface area contributed by atoms with E-state index in [0.717, 1.165) is 29.2 Å². The van der Waals surface area contributed by atoms with Crippen molar-refractivity contribution in [2.24, 2.45) is 4.99 Å². The highest BCUT2D eigenvalue weighted by Gasteiger charge is 2.36. The molecule has 1 atom stereocenters. The van der Waals surface area contributed by atoms with E-state index in [0.29, 0.717) is 27.2 Å². The zero-order valence-electron chi connectivity index (χ0n) is 26.1. The van der Waals surface area contributed by atoms with Crippen molar-refractivity contribution < 1.29 is 27.1 Å². The summed E-state index contributed by atoms with van der Waals surface area (Å²) in [6.45, 7) is 1.85. The second kappa shape index (κ2) is 13.8. The Morgan fingerprint density at radius 1 is 0.940 bits per heavy atom. The highest BCUT2D eigenvalue weighted by atomic mass is 32.2. The molecule has 13 heteroatoms. The van der Waals surface area contributed by atoms with Gasteiger partial charge in [-0.25, -0.2) is 19.8 Å². The fraction of sp³-hybridized carbons (Fsp3) is 0.108. The van der Waals surface area contributed by atoms with Crippen molar-refractivity contribution in [2.45, 2.75) is 29.4 Å². The van der Waals surface area contributed by atoms with Gasteiger partial charge in [-0.05, 0) is 42.4 Å². The first kappa shape index (κ1) is 33.0. The number of alkyl halides is 3. The molecular formula is C37H25F3N4O4S2. The lowest BCUT2D eigenvalue weighted by Gasteiger charge is -2.25. The molecule has 6 aromatic rings. The second-order valence-electron chi connectivity index (χ2n) is 10.9. The quantitative estimate of drug-likeness (QED) is 0.122. The molecule has 0 saturated heterocycles. The Morgan fingerprint density at radius 2 is 1.60 bits per heavy atom. The molecular weight excluding hydrogens is 686 g/mol. The highest BCUT2D eigenvalue weighted by Crippen LogP contribution is 2.36. The number of rotatable bonds is 8. The Bertz CT molecular complexity index is 2410. The number of hydrogen-bond acceptors (Lipinski definition) is 9. The topological polar surface area (TPSA) is 99.6 Å². The molecule has 3 aromatic carbocycles. The van der Waals surface area contributed by atoms with Crippen LogP contribution in [0.4, 0.5) is 13.2 Å². The lowest BCUT2D eigenvalue weighted by Crippen LogP contribution is -2.39. The minimum Gasteiger partial charge on any atom is -0.463 e. The van der Waals surface area contributed by atoms with Crippen LogP contribution in [0.2, 0.25) is 0 Å². The lowest BCUT2D eigenvalue weighted by molar-refractivity contribution is -0.141. The number of furan rings is 1. The van der Waals surface area contributed by atoms with Gasteiger partial charge in [-0.1, -0.05) is 102 Å². The average molecular weight is 711 g/mol. The van der Waals surface area contributed by atoms with Gasteiger partial charge in [-0.15, -0.1) is 0 Å². The Kier molecular flexibility index (Phi) is 9.08. The van der Waals surface area contributed by atoms with Crippen molar-refractivity contribution in [1.82, 2.24) is 14.5 Å². The van der Waals surface area contributed by atoms with Crippen molar-refractivity contribution in [2.75, 3.05) is 6.61 Å². The summed E-state index contributed by atoms with van der Waals surface area (Å²) in [6.07, 6.45) is -3.15. The van der Waals surface area contributed by atoms with Gasteiger partial charge in [-0.3, -0.25) is 9.36 Å². The van der Waals surface area contributed by atoms with Crippen molar-refractivity contribution in [3.8, 4) is 11.3 Å². The van der Waals surface area contributed by atoms with Gasteiger partial charge in [-0.2, -0.15) is 13.2 Å². The van der Waals surface area contributed by atoms with Crippen LogP contribution in [-0.4, -0.2) is 27.1 Å². The van der Waals surface area contributed by atoms with Crippen molar-refractivity contribution in [3.05, 3.63) is 157 Å². The maximum absolute atomic E-state index is 14.1. The van der Waals surface area contributed by atoms with E-state index in [9.17, 15) is 22.8 Å². The standard InChI is InChI=1S/C37H25F3N4O4S2/c1-2-47-34(46)30-31(23-14-8-4-9-15-23)43-36-44(32(30)24-16-10-5-11-17-24)33(45)27(49-36)20-25-18-19-29(48-25)50-35-41-26(22-12-6-3-7-13-22)21-28(42-35)37(38,39)40/h3-21,32H,2H2,1H3/b27-20+/t32-/m1/s1. The summed E-state index contributed by atoms with van der Waals surface area (Å²) in [5, 5.41) is 0.0715. The third kappa shape index (κ3) is 6.69. The first-order valence-corrected chi connectivity index (χ1v) is 17.0. The van der Waals surface area contributed by atoms with Crippen LogP contribution in [0.15, 0.2) is 139 Å². The smallest absolute Gasteiger partial charge is 0.433 e. The van der Waals surface area contributed by atoms with Crippen molar-refractivity contribution in [3.63, 3.8) is 0 Å². The molecule has 0 saturated carbocycles. The van der Waals surface area contributed by atoms with Crippen LogP contribution < -0.4 is 14.9 Å². The number of fused-ring (bicyclic) bond motifs is 1. The van der Waals surface area contributed by atoms with E-state index in [1.807, 2.05) is 60.7 Å². The number of nitrogens with zero attached hydrogens (tertiary/aromatic N) is 4. The van der Waals surface area contributed by atoms with Crippen molar-refractivity contribution >= 4 is 40.8 Å². The van der Waals surface area contributed by atoms with Gasteiger partial charge >= 0.3 is 12.1 Å². The predicted molar refractivity (Wildman–Crippen MR) is 183 cm³/mol. The normalized spacial score (nSPS) is 14.7. The Balaban J connectivity index is 1.30. The van der Waals surface area contributed by atoms with E-state index in [2.05, 4.69) is 9.97 Å². The number of thiazole rings is 1. The fourth-order valence-corrected chi connectivity index (χ4v) is 7.17. The molecule has 50 heavy (non-hydrogen) atoms. The molecule has 4 heterocycles. The van der Waals surface area contributed by atoms with Gasteiger partial charge in [0.2, 0.25) is 0 Å². The van der Waals surface area contributed by atoms with E-state index in [-0.39, 0.29) is 38.4 Å². The molecule has 1 aliphatic rings. The summed E-state index contributed by atoms with van der Waals surface area (Å²) in [4.78, 5) is 40.9. The number of hydrogen-bond donors (Lipinski definition) is 0. The first-order valence-electron chi connectivity index (χ1n) is 15.3. The highest BCUT2D eigenvalue weighted by molar-refractivity contribution is 7.99. The number of carbonyl (C=O) groups is 1. The third-order valence-electron chi connectivity index (χ3n) is 7.62. The number of aromatic nitrogens is 3. The minimum absolute atomic E-state index is 0.119. The zero-order chi connectivity index (χ0) is 34.8. The van der Waals surface area contributed by atoms with Gasteiger partial charge in [0.25, 0.3) is 5.56 Å². The summed E-state index contributed by atoms with van der Waals surface area (Å²) in [6, 6.07) is 30.2. The maximum atomic E-state index is 14.1. The first-order chi connectivity index (χ1) is 24.2. The molecule has 0 radical (unpaired) electrons. The molecule has 250 valence electrons. The van der Waals surface area contributed by atoms with Gasteiger partial charge < -0.3 is 9.15 Å². The van der Waals surface area contributed by atoms with Crippen molar-refractivity contribution in [1.29, 1.82) is 0 Å².